The number of ether oxygens (including phenoxy) is 2. The maximum atomic E-state index is 14.2. The van der Waals surface area contributed by atoms with E-state index in [1.165, 1.54) is 12.1 Å². The van der Waals surface area contributed by atoms with E-state index >= 15 is 0 Å². The molecule has 6 nitrogen and oxygen atoms in total. The summed E-state index contributed by atoms with van der Waals surface area (Å²) in [6.45, 7) is 2.04. The van der Waals surface area contributed by atoms with Crippen molar-refractivity contribution in [3.63, 3.8) is 0 Å². The van der Waals surface area contributed by atoms with Crippen molar-refractivity contribution < 1.29 is 13.9 Å². The van der Waals surface area contributed by atoms with Crippen molar-refractivity contribution in [2.75, 3.05) is 0 Å². The van der Waals surface area contributed by atoms with Crippen molar-refractivity contribution >= 4 is 17.5 Å². The van der Waals surface area contributed by atoms with E-state index in [9.17, 15) is 20.2 Å². The summed E-state index contributed by atoms with van der Waals surface area (Å²) in [6.07, 6.45) is 1.33. The Hall–Kier alpha value is -2.66. The number of benzene rings is 1. The number of halogens is 2. The Morgan fingerprint density at radius 2 is 2.00 bits per heavy atom. The Kier molecular flexibility index (Phi) is 4.35. The summed E-state index contributed by atoms with van der Waals surface area (Å²) in [5, 5.41) is 39.0. The van der Waals surface area contributed by atoms with Crippen molar-refractivity contribution in [1.82, 2.24) is 0 Å². The number of nitrogens with one attached hydrogen (secondary N) is 1. The van der Waals surface area contributed by atoms with Crippen LogP contribution in [-0.4, -0.2) is 11.7 Å². The Morgan fingerprint density at radius 3 is 2.59 bits per heavy atom. The van der Waals surface area contributed by atoms with Gasteiger partial charge in [0.15, 0.2) is 5.41 Å². The molecule has 1 aliphatic carbocycles. The summed E-state index contributed by atoms with van der Waals surface area (Å²) in [5.41, 5.74) is -3.66. The lowest BCUT2D eigenvalue weighted by Gasteiger charge is -2.52. The summed E-state index contributed by atoms with van der Waals surface area (Å²) in [6, 6.07) is 9.98. The van der Waals surface area contributed by atoms with E-state index in [2.05, 4.69) is 6.07 Å². The zero-order valence-electron chi connectivity index (χ0n) is 15.7. The maximum absolute atomic E-state index is 14.2. The van der Waals surface area contributed by atoms with Crippen molar-refractivity contribution in [2.24, 2.45) is 22.7 Å². The highest BCUT2D eigenvalue weighted by molar-refractivity contribution is 6.30. The number of nitriles is 3. The van der Waals surface area contributed by atoms with Gasteiger partial charge in [0.05, 0.1) is 29.1 Å². The molecule has 2 aliphatic heterocycles. The third-order valence-corrected chi connectivity index (χ3v) is 7.15. The van der Waals surface area contributed by atoms with Crippen LogP contribution in [0.2, 0.25) is 5.02 Å². The molecule has 0 aromatic heterocycles. The molecule has 2 heterocycles. The summed E-state index contributed by atoms with van der Waals surface area (Å²) >= 11 is 5.79. The highest BCUT2D eigenvalue weighted by atomic mass is 35.5. The number of hydrogen-bond acceptors (Lipinski definition) is 6. The highest BCUT2D eigenvalue weighted by Gasteiger charge is 2.80. The molecular weight excluding hydrogens is 395 g/mol. The van der Waals surface area contributed by atoms with Crippen LogP contribution >= 0.6 is 11.6 Å². The van der Waals surface area contributed by atoms with Crippen LogP contribution in [0.5, 0.6) is 0 Å². The third-order valence-electron chi connectivity index (χ3n) is 6.84. The second-order valence-electron chi connectivity index (χ2n) is 7.97. The standard InChI is InChI=1S/C21H18ClFN4O2/c1-2-12-5-6-21-16(7-12)20(11-26,18(27)29-21)19(9-24,10-25)17(28-21)13-3-4-14(22)15(23)8-13/h3-4,8,12,16-17,27H,2,5-7H2,1H3. The van der Waals surface area contributed by atoms with Gasteiger partial charge < -0.3 is 9.47 Å². The minimum absolute atomic E-state index is 0.106. The first-order valence-corrected chi connectivity index (χ1v) is 9.86. The van der Waals surface area contributed by atoms with Gasteiger partial charge in [-0.1, -0.05) is 31.0 Å². The first-order valence-electron chi connectivity index (χ1n) is 9.48. The molecule has 148 valence electrons. The van der Waals surface area contributed by atoms with Crippen LogP contribution in [0.15, 0.2) is 18.2 Å². The fraction of sp³-hybridized carbons (Fsp3) is 0.524. The lowest BCUT2D eigenvalue weighted by molar-refractivity contribution is -0.299. The number of hydrogen-bond donors (Lipinski definition) is 1. The number of nitrogens with zero attached hydrogens (tertiary/aromatic N) is 3. The molecule has 1 aromatic rings. The largest absolute Gasteiger partial charge is 0.447 e. The molecule has 29 heavy (non-hydrogen) atoms. The van der Waals surface area contributed by atoms with Crippen LogP contribution in [0.25, 0.3) is 0 Å². The van der Waals surface area contributed by atoms with Gasteiger partial charge in [0, 0.05) is 6.42 Å². The van der Waals surface area contributed by atoms with E-state index in [1.54, 1.807) is 0 Å². The van der Waals surface area contributed by atoms with Gasteiger partial charge in [-0.15, -0.1) is 0 Å². The molecule has 0 amide bonds. The number of rotatable bonds is 2. The molecule has 0 radical (unpaired) electrons. The molecule has 2 bridgehead atoms. The summed E-state index contributed by atoms with van der Waals surface area (Å²) in [7, 11) is 0. The zero-order valence-corrected chi connectivity index (χ0v) is 16.5. The molecule has 1 saturated carbocycles. The molecule has 3 fully saturated rings. The van der Waals surface area contributed by atoms with Crippen molar-refractivity contribution in [2.45, 2.75) is 44.5 Å². The first kappa shape index (κ1) is 19.6. The lowest BCUT2D eigenvalue weighted by atomic mass is 9.50. The molecule has 3 aliphatic rings. The quantitative estimate of drug-likeness (QED) is 0.760. The molecule has 1 N–H and O–H groups in total. The molecule has 5 atom stereocenters. The molecule has 4 rings (SSSR count). The van der Waals surface area contributed by atoms with E-state index in [-0.39, 0.29) is 16.5 Å². The van der Waals surface area contributed by atoms with Gasteiger partial charge in [0.25, 0.3) is 0 Å². The maximum Gasteiger partial charge on any atom is 0.217 e. The second-order valence-corrected chi connectivity index (χ2v) is 8.37. The molecule has 0 spiro atoms. The van der Waals surface area contributed by atoms with Crippen LogP contribution in [0.1, 0.15) is 44.3 Å². The van der Waals surface area contributed by atoms with Crippen LogP contribution in [0, 0.1) is 67.9 Å². The van der Waals surface area contributed by atoms with Crippen molar-refractivity contribution in [3.05, 3.63) is 34.6 Å². The molecule has 1 aromatic carbocycles. The van der Waals surface area contributed by atoms with E-state index in [4.69, 9.17) is 26.5 Å². The van der Waals surface area contributed by atoms with Gasteiger partial charge in [0.2, 0.25) is 17.1 Å². The van der Waals surface area contributed by atoms with Gasteiger partial charge in [-0.25, -0.2) is 4.39 Å². The zero-order chi connectivity index (χ0) is 21.0. The monoisotopic (exact) mass is 412 g/mol. The van der Waals surface area contributed by atoms with E-state index in [1.807, 2.05) is 19.1 Å². The van der Waals surface area contributed by atoms with Gasteiger partial charge in [-0.3, -0.25) is 5.41 Å². The molecule has 8 heteroatoms. The SMILES string of the molecule is CCC1CCC23OC(=N)C(C#N)(C2C1)C(C#N)(C#N)C(c1ccc(Cl)c(F)c1)O3. The van der Waals surface area contributed by atoms with Crippen molar-refractivity contribution in [1.29, 1.82) is 21.2 Å². The van der Waals surface area contributed by atoms with Crippen molar-refractivity contribution in [3.8, 4) is 18.2 Å². The predicted octanol–water partition coefficient (Wildman–Crippen LogP) is 4.62. The third kappa shape index (κ3) is 2.25. The normalized spacial score (nSPS) is 36.8. The van der Waals surface area contributed by atoms with E-state index in [0.29, 0.717) is 12.8 Å². The Bertz CT molecular complexity index is 1010. The predicted molar refractivity (Wildman–Crippen MR) is 99.6 cm³/mol. The smallest absolute Gasteiger partial charge is 0.217 e. The minimum atomic E-state index is -2.07. The Balaban J connectivity index is 1.97. The van der Waals surface area contributed by atoms with Gasteiger partial charge in [-0.2, -0.15) is 15.8 Å². The molecule has 5 unspecified atom stereocenters. The second kappa shape index (κ2) is 6.42. The van der Waals surface area contributed by atoms with Crippen LogP contribution < -0.4 is 0 Å². The van der Waals surface area contributed by atoms with Gasteiger partial charge in [-0.05, 0) is 36.5 Å². The summed E-state index contributed by atoms with van der Waals surface area (Å²) in [4.78, 5) is 0. The van der Waals surface area contributed by atoms with E-state index < -0.39 is 40.4 Å². The van der Waals surface area contributed by atoms with Crippen LogP contribution in [-0.2, 0) is 9.47 Å². The van der Waals surface area contributed by atoms with E-state index in [0.717, 1.165) is 18.9 Å². The fourth-order valence-electron chi connectivity index (χ4n) is 5.26. The Labute approximate surface area is 172 Å². The topological polar surface area (TPSA) is 114 Å². The Morgan fingerprint density at radius 1 is 1.28 bits per heavy atom. The summed E-state index contributed by atoms with van der Waals surface area (Å²) in [5.74, 6) is -2.77. The van der Waals surface area contributed by atoms with Crippen LogP contribution in [0.4, 0.5) is 4.39 Å². The van der Waals surface area contributed by atoms with Gasteiger partial charge >= 0.3 is 0 Å². The minimum Gasteiger partial charge on any atom is -0.447 e. The lowest BCUT2D eigenvalue weighted by Crippen LogP contribution is -2.61. The molecular formula is C21H18ClFN4O2. The highest BCUT2D eigenvalue weighted by Crippen LogP contribution is 2.70. The average molecular weight is 413 g/mol. The average Bonchev–Trinajstić information content (AvgIpc) is 2.93. The summed E-state index contributed by atoms with van der Waals surface area (Å²) < 4.78 is 26.3. The molecule has 2 saturated heterocycles. The van der Waals surface area contributed by atoms with Gasteiger partial charge in [0.1, 0.15) is 11.9 Å². The van der Waals surface area contributed by atoms with Crippen LogP contribution in [0.3, 0.4) is 0 Å². The first-order chi connectivity index (χ1) is 13.8. The fourth-order valence-corrected chi connectivity index (χ4v) is 5.38.